The van der Waals surface area contributed by atoms with Gasteiger partial charge in [-0.05, 0) is 17.7 Å². The van der Waals surface area contributed by atoms with Crippen molar-refractivity contribution < 1.29 is 9.90 Å². The fraction of sp³-hybridized carbons (Fsp3) is 0.100. The third kappa shape index (κ3) is 1.48. The predicted molar refractivity (Wildman–Crippen MR) is 58.2 cm³/mol. The summed E-state index contributed by atoms with van der Waals surface area (Å²) in [5, 5.41) is 9.83. The highest BCUT2D eigenvalue weighted by Gasteiger charge is 2.16. The second kappa shape index (κ2) is 3.56. The van der Waals surface area contributed by atoms with Gasteiger partial charge in [0.2, 0.25) is 0 Å². The third-order valence-electron chi connectivity index (χ3n) is 2.31. The number of aromatic amines is 1. The third-order valence-corrected chi connectivity index (χ3v) is 2.61. The second-order valence-corrected chi connectivity index (χ2v) is 3.58. The lowest BCUT2D eigenvalue weighted by Crippen LogP contribution is -2.03. The monoisotopic (exact) mass is 224 g/mol. The van der Waals surface area contributed by atoms with Crippen molar-refractivity contribution in [1.29, 1.82) is 0 Å². The molecule has 1 heterocycles. The first-order valence-electron chi connectivity index (χ1n) is 4.37. The molecule has 0 saturated heterocycles. The number of benzene rings is 1. The zero-order chi connectivity index (χ0) is 11.0. The molecular formula is C10H9ClN2O2. The number of aromatic carboxylic acids is 1. The van der Waals surface area contributed by atoms with Gasteiger partial charge in [-0.15, -0.1) is 0 Å². The predicted octanol–water partition coefficient (Wildman–Crippen LogP) is 1.98. The van der Waals surface area contributed by atoms with E-state index in [1.54, 1.807) is 18.3 Å². The Balaban J connectivity index is 2.87. The molecule has 0 aliphatic heterocycles. The fourth-order valence-corrected chi connectivity index (χ4v) is 1.96. The zero-order valence-electron chi connectivity index (χ0n) is 7.75. The summed E-state index contributed by atoms with van der Waals surface area (Å²) >= 11 is 5.89. The fourth-order valence-electron chi connectivity index (χ4n) is 1.65. The minimum Gasteiger partial charge on any atom is -0.478 e. The number of rotatable bonds is 2. The molecule has 2 aromatic rings. The van der Waals surface area contributed by atoms with Gasteiger partial charge in [0.15, 0.2) is 0 Å². The SMILES string of the molecule is NCc1cc(Cl)c(C(=O)O)c2cc[nH]c12. The molecule has 0 radical (unpaired) electrons. The number of nitrogens with one attached hydrogen (secondary N) is 1. The number of halogens is 1. The number of hydrogen-bond donors (Lipinski definition) is 3. The summed E-state index contributed by atoms with van der Waals surface area (Å²) < 4.78 is 0. The maximum Gasteiger partial charge on any atom is 0.337 e. The van der Waals surface area contributed by atoms with Crippen LogP contribution in [-0.2, 0) is 6.54 Å². The molecule has 2 rings (SSSR count). The Morgan fingerprint density at radius 2 is 2.33 bits per heavy atom. The summed E-state index contributed by atoms with van der Waals surface area (Å²) in [7, 11) is 0. The number of fused-ring (bicyclic) bond motifs is 1. The van der Waals surface area contributed by atoms with Crippen molar-refractivity contribution in [2.75, 3.05) is 0 Å². The molecule has 0 bridgehead atoms. The van der Waals surface area contributed by atoms with Crippen LogP contribution in [0.3, 0.4) is 0 Å². The van der Waals surface area contributed by atoms with E-state index in [9.17, 15) is 4.79 Å². The highest BCUT2D eigenvalue weighted by Crippen LogP contribution is 2.28. The molecule has 1 aromatic heterocycles. The van der Waals surface area contributed by atoms with Crippen LogP contribution in [0.1, 0.15) is 15.9 Å². The van der Waals surface area contributed by atoms with Gasteiger partial charge in [0.1, 0.15) is 0 Å². The molecule has 4 N–H and O–H groups in total. The first-order chi connectivity index (χ1) is 7.15. The van der Waals surface area contributed by atoms with Crippen LogP contribution in [0.2, 0.25) is 5.02 Å². The first-order valence-corrected chi connectivity index (χ1v) is 4.74. The summed E-state index contributed by atoms with van der Waals surface area (Å²) in [4.78, 5) is 14.0. The number of aromatic nitrogens is 1. The van der Waals surface area contributed by atoms with Crippen LogP contribution in [0, 0.1) is 0 Å². The van der Waals surface area contributed by atoms with Crippen LogP contribution in [0.25, 0.3) is 10.9 Å². The van der Waals surface area contributed by atoms with Crippen molar-refractivity contribution in [2.45, 2.75) is 6.54 Å². The molecule has 0 aliphatic carbocycles. The molecule has 5 heteroatoms. The summed E-state index contributed by atoms with van der Waals surface area (Å²) in [6.45, 7) is 0.316. The summed E-state index contributed by atoms with van der Waals surface area (Å²) in [6, 6.07) is 3.27. The quantitative estimate of drug-likeness (QED) is 0.730. The highest BCUT2D eigenvalue weighted by molar-refractivity contribution is 6.35. The molecule has 0 amide bonds. The van der Waals surface area contributed by atoms with E-state index < -0.39 is 5.97 Å². The Hall–Kier alpha value is -1.52. The van der Waals surface area contributed by atoms with E-state index in [0.717, 1.165) is 11.1 Å². The molecule has 1 aromatic carbocycles. The molecule has 0 saturated carbocycles. The van der Waals surface area contributed by atoms with Crippen molar-refractivity contribution in [3.8, 4) is 0 Å². The lowest BCUT2D eigenvalue weighted by Gasteiger charge is -2.05. The van der Waals surface area contributed by atoms with Crippen molar-refractivity contribution in [3.63, 3.8) is 0 Å². The maximum absolute atomic E-state index is 11.0. The smallest absolute Gasteiger partial charge is 0.337 e. The molecule has 0 atom stereocenters. The Kier molecular flexibility index (Phi) is 2.38. The zero-order valence-corrected chi connectivity index (χ0v) is 8.51. The van der Waals surface area contributed by atoms with Crippen LogP contribution in [-0.4, -0.2) is 16.1 Å². The van der Waals surface area contributed by atoms with E-state index in [1.165, 1.54) is 0 Å². The van der Waals surface area contributed by atoms with Crippen LogP contribution in [0.4, 0.5) is 0 Å². The average Bonchev–Trinajstić information content (AvgIpc) is 2.63. The van der Waals surface area contributed by atoms with Gasteiger partial charge in [-0.3, -0.25) is 0 Å². The van der Waals surface area contributed by atoms with Crippen LogP contribution >= 0.6 is 11.6 Å². The molecule has 15 heavy (non-hydrogen) atoms. The first kappa shape index (κ1) is 10.0. The van der Waals surface area contributed by atoms with Gasteiger partial charge in [-0.2, -0.15) is 0 Å². The molecule has 4 nitrogen and oxygen atoms in total. The van der Waals surface area contributed by atoms with Crippen LogP contribution < -0.4 is 5.73 Å². The van der Waals surface area contributed by atoms with Gasteiger partial charge >= 0.3 is 5.97 Å². The van der Waals surface area contributed by atoms with Gasteiger partial charge < -0.3 is 15.8 Å². The largest absolute Gasteiger partial charge is 0.478 e. The van der Waals surface area contributed by atoms with Gasteiger partial charge in [0.25, 0.3) is 0 Å². The molecule has 0 fully saturated rings. The Labute approximate surface area is 90.7 Å². The average molecular weight is 225 g/mol. The Morgan fingerprint density at radius 3 is 2.93 bits per heavy atom. The number of carboxylic acids is 1. The number of H-pyrrole nitrogens is 1. The van der Waals surface area contributed by atoms with E-state index in [-0.39, 0.29) is 10.6 Å². The summed E-state index contributed by atoms with van der Waals surface area (Å²) in [5.41, 5.74) is 7.21. The van der Waals surface area contributed by atoms with Crippen molar-refractivity contribution in [2.24, 2.45) is 5.73 Å². The van der Waals surface area contributed by atoms with E-state index in [4.69, 9.17) is 22.4 Å². The van der Waals surface area contributed by atoms with Crippen LogP contribution in [0.15, 0.2) is 18.3 Å². The minimum absolute atomic E-state index is 0.116. The lowest BCUT2D eigenvalue weighted by molar-refractivity contribution is 0.0699. The Morgan fingerprint density at radius 1 is 1.60 bits per heavy atom. The molecular weight excluding hydrogens is 216 g/mol. The van der Waals surface area contributed by atoms with Crippen molar-refractivity contribution in [3.05, 3.63) is 34.5 Å². The normalized spacial score (nSPS) is 10.8. The van der Waals surface area contributed by atoms with E-state index in [2.05, 4.69) is 4.98 Å². The van der Waals surface area contributed by atoms with Crippen LogP contribution in [0.5, 0.6) is 0 Å². The topological polar surface area (TPSA) is 79.1 Å². The maximum atomic E-state index is 11.0. The van der Waals surface area contributed by atoms with E-state index in [1.807, 2.05) is 0 Å². The highest BCUT2D eigenvalue weighted by atomic mass is 35.5. The van der Waals surface area contributed by atoms with Gasteiger partial charge in [0.05, 0.1) is 16.1 Å². The van der Waals surface area contributed by atoms with Gasteiger partial charge in [-0.1, -0.05) is 11.6 Å². The molecule has 0 aliphatic rings. The number of hydrogen-bond acceptors (Lipinski definition) is 2. The van der Waals surface area contributed by atoms with E-state index >= 15 is 0 Å². The molecule has 78 valence electrons. The number of carbonyl (C=O) groups is 1. The summed E-state index contributed by atoms with van der Waals surface area (Å²) in [5.74, 6) is -1.03. The van der Waals surface area contributed by atoms with E-state index in [0.29, 0.717) is 11.9 Å². The van der Waals surface area contributed by atoms with Crippen molar-refractivity contribution >= 4 is 28.5 Å². The lowest BCUT2D eigenvalue weighted by atomic mass is 10.1. The number of carboxylic acid groups (broad SMARTS) is 1. The minimum atomic E-state index is -1.03. The number of nitrogens with two attached hydrogens (primary N) is 1. The summed E-state index contributed by atoms with van der Waals surface area (Å²) in [6.07, 6.45) is 1.67. The van der Waals surface area contributed by atoms with Crippen molar-refractivity contribution in [1.82, 2.24) is 4.98 Å². The second-order valence-electron chi connectivity index (χ2n) is 3.17. The van der Waals surface area contributed by atoms with Gasteiger partial charge in [0, 0.05) is 18.1 Å². The molecule has 0 unspecified atom stereocenters. The standard InChI is InChI=1S/C10H9ClN2O2/c11-7-3-5(4-12)9-6(1-2-13-9)8(7)10(14)15/h1-3,13H,4,12H2,(H,14,15). The van der Waals surface area contributed by atoms with Gasteiger partial charge in [-0.25, -0.2) is 4.79 Å². The Bertz CT molecular complexity index is 533. The molecule has 0 spiro atoms.